The number of benzene rings is 1. The Labute approximate surface area is 261 Å². The van der Waals surface area contributed by atoms with Gasteiger partial charge in [-0.3, -0.25) is 4.79 Å². The Morgan fingerprint density at radius 2 is 1.93 bits per heavy atom. The number of amides is 2. The van der Waals surface area contributed by atoms with E-state index in [2.05, 4.69) is 15.3 Å². The van der Waals surface area contributed by atoms with Crippen LogP contribution < -0.4 is 14.8 Å². The third-order valence-corrected chi connectivity index (χ3v) is 10.3. The van der Waals surface area contributed by atoms with Crippen molar-refractivity contribution >= 4 is 29.3 Å². The number of aromatic nitrogens is 2. The normalized spacial score (nSPS) is 34.6. The van der Waals surface area contributed by atoms with Crippen LogP contribution in [0.25, 0.3) is 11.0 Å². The number of aldehydes is 1. The van der Waals surface area contributed by atoms with Gasteiger partial charge in [-0.15, -0.1) is 0 Å². The Hall–Kier alpha value is -3.57. The van der Waals surface area contributed by atoms with Crippen LogP contribution in [-0.4, -0.2) is 76.5 Å². The molecule has 3 heterocycles. The molecule has 2 saturated carbocycles. The number of carbonyl (C=O) groups is 3. The molecular formula is C33H42F2N4O6. The number of hydrogen-bond donors (Lipinski definition) is 1. The Morgan fingerprint density at radius 1 is 1.18 bits per heavy atom. The summed E-state index contributed by atoms with van der Waals surface area (Å²) in [6, 6.07) is 3.22. The summed E-state index contributed by atoms with van der Waals surface area (Å²) in [4.78, 5) is 50.5. The summed E-state index contributed by atoms with van der Waals surface area (Å²) in [5, 5.41) is 2.78. The summed E-state index contributed by atoms with van der Waals surface area (Å²) >= 11 is 0. The Bertz CT molecular complexity index is 1510. The maximum Gasteiger partial charge on any atom is 0.408 e. The Kier molecular flexibility index (Phi) is 7.71. The number of rotatable bonds is 3. The number of methoxy groups -OCH3 is 1. The molecule has 8 atom stereocenters. The fourth-order valence-corrected chi connectivity index (χ4v) is 7.38. The van der Waals surface area contributed by atoms with Crippen molar-refractivity contribution in [2.75, 3.05) is 13.7 Å². The van der Waals surface area contributed by atoms with Crippen LogP contribution >= 0.6 is 0 Å². The van der Waals surface area contributed by atoms with Crippen LogP contribution in [0.15, 0.2) is 18.2 Å². The number of nitrogens with zero attached hydrogens (tertiary/aromatic N) is 3. The number of alkyl carbamates (subject to hydrolysis) is 1. The first-order valence-corrected chi connectivity index (χ1v) is 15.9. The molecule has 2 aliphatic heterocycles. The lowest BCUT2D eigenvalue weighted by atomic mass is 9.85. The average molecular weight is 629 g/mol. The molecule has 10 nitrogen and oxygen atoms in total. The van der Waals surface area contributed by atoms with Gasteiger partial charge in [0.1, 0.15) is 35.5 Å². The summed E-state index contributed by atoms with van der Waals surface area (Å²) in [6.07, 6.45) is 1.82. The van der Waals surface area contributed by atoms with Crippen molar-refractivity contribution in [1.82, 2.24) is 20.2 Å². The molecule has 1 saturated heterocycles. The third kappa shape index (κ3) is 5.58. The molecule has 2 amide bonds. The van der Waals surface area contributed by atoms with Gasteiger partial charge in [0.15, 0.2) is 0 Å². The highest BCUT2D eigenvalue weighted by atomic mass is 19.3. The minimum Gasteiger partial charge on any atom is -0.497 e. The van der Waals surface area contributed by atoms with Crippen molar-refractivity contribution in [2.45, 2.75) is 102 Å². The predicted octanol–water partition coefficient (Wildman–Crippen LogP) is 5.27. The minimum absolute atomic E-state index is 0.00556. The minimum atomic E-state index is -2.99. The Morgan fingerprint density at radius 3 is 2.60 bits per heavy atom. The van der Waals surface area contributed by atoms with Gasteiger partial charge in [-0.1, -0.05) is 34.1 Å². The van der Waals surface area contributed by atoms with Gasteiger partial charge in [-0.05, 0) is 50.2 Å². The molecule has 2 unspecified atom stereocenters. The number of fused-ring (bicyclic) bond motifs is 7. The lowest BCUT2D eigenvalue weighted by Crippen LogP contribution is -2.56. The first-order chi connectivity index (χ1) is 21.2. The zero-order chi connectivity index (χ0) is 32.5. The maximum atomic E-state index is 15.5. The molecule has 2 aliphatic carbocycles. The largest absolute Gasteiger partial charge is 0.497 e. The lowest BCUT2D eigenvalue weighted by Gasteiger charge is -2.35. The molecule has 1 aromatic heterocycles. The Balaban J connectivity index is 1.43. The van der Waals surface area contributed by atoms with E-state index in [0.717, 1.165) is 0 Å². The molecule has 2 bridgehead atoms. The predicted molar refractivity (Wildman–Crippen MR) is 160 cm³/mol. The molecule has 1 N–H and O–H groups in total. The van der Waals surface area contributed by atoms with Gasteiger partial charge in [0.05, 0.1) is 36.6 Å². The van der Waals surface area contributed by atoms with Gasteiger partial charge in [0.25, 0.3) is 5.92 Å². The quantitative estimate of drug-likeness (QED) is 0.457. The fourth-order valence-electron chi connectivity index (χ4n) is 7.38. The number of ether oxygens (including phenoxy) is 3. The van der Waals surface area contributed by atoms with Gasteiger partial charge < -0.3 is 29.2 Å². The van der Waals surface area contributed by atoms with E-state index in [1.807, 2.05) is 34.6 Å². The zero-order valence-corrected chi connectivity index (χ0v) is 26.6. The number of carbonyl (C=O) groups excluding carboxylic acids is 3. The molecule has 4 aliphatic rings. The standard InChI is InChI=1S/C33H42F2N4O6/c1-7-19-23(16-40)39-15-24(19)44-28-26(36-21-12-11-18(43-6)13-22(21)37-28)25-20(33(25,34)35)10-8-9-17-14-32(17,5)45-30(42)38-27(29(39)41)31(2,3)4/h11-13,16-17,19-20,23-25,27H,7-10,14-15H2,1-6H3,(H,38,42)/t17-,19+,20?,23-,24+,25?,27-,32-/m1/s1. The van der Waals surface area contributed by atoms with Gasteiger partial charge >= 0.3 is 6.09 Å². The fraction of sp³-hybridized carbons (Fsp3) is 0.667. The van der Waals surface area contributed by atoms with Crippen LogP contribution in [0.3, 0.4) is 0 Å². The number of nitrogens with one attached hydrogen (secondary N) is 1. The topological polar surface area (TPSA) is 120 Å². The molecular weight excluding hydrogens is 586 g/mol. The maximum absolute atomic E-state index is 15.5. The molecule has 3 fully saturated rings. The van der Waals surface area contributed by atoms with E-state index in [4.69, 9.17) is 14.2 Å². The number of alkyl halides is 2. The van der Waals surface area contributed by atoms with Crippen molar-refractivity contribution in [3.05, 3.63) is 23.9 Å². The molecule has 6 rings (SSSR count). The first-order valence-electron chi connectivity index (χ1n) is 15.9. The van der Waals surface area contributed by atoms with Crippen LogP contribution in [0.5, 0.6) is 11.6 Å². The van der Waals surface area contributed by atoms with Crippen molar-refractivity contribution in [3.63, 3.8) is 0 Å². The van der Waals surface area contributed by atoms with Gasteiger partial charge in [-0.2, -0.15) is 0 Å². The monoisotopic (exact) mass is 628 g/mol. The molecule has 0 radical (unpaired) electrons. The third-order valence-electron chi connectivity index (χ3n) is 10.3. The van der Waals surface area contributed by atoms with Crippen LogP contribution in [0.2, 0.25) is 0 Å². The van der Waals surface area contributed by atoms with E-state index in [1.165, 1.54) is 12.0 Å². The van der Waals surface area contributed by atoms with E-state index in [-0.39, 0.29) is 30.5 Å². The first kappa shape index (κ1) is 31.4. The van der Waals surface area contributed by atoms with Gasteiger partial charge in [-0.25, -0.2) is 23.5 Å². The zero-order valence-electron chi connectivity index (χ0n) is 26.6. The number of halogens is 2. The second kappa shape index (κ2) is 11.0. The summed E-state index contributed by atoms with van der Waals surface area (Å²) in [7, 11) is 1.52. The summed E-state index contributed by atoms with van der Waals surface area (Å²) in [5.74, 6) is -5.44. The van der Waals surface area contributed by atoms with Crippen molar-refractivity contribution in [3.8, 4) is 11.6 Å². The molecule has 2 aromatic rings. The highest BCUT2D eigenvalue weighted by Gasteiger charge is 2.70. The van der Waals surface area contributed by atoms with Gasteiger partial charge in [0, 0.05) is 23.8 Å². The highest BCUT2D eigenvalue weighted by molar-refractivity contribution is 5.89. The smallest absolute Gasteiger partial charge is 0.408 e. The molecule has 244 valence electrons. The van der Waals surface area contributed by atoms with Crippen molar-refractivity contribution in [2.24, 2.45) is 23.2 Å². The summed E-state index contributed by atoms with van der Waals surface area (Å²) < 4.78 is 48.6. The van der Waals surface area contributed by atoms with E-state index in [0.29, 0.717) is 48.8 Å². The van der Waals surface area contributed by atoms with Gasteiger partial charge in [0.2, 0.25) is 11.8 Å². The lowest BCUT2D eigenvalue weighted by molar-refractivity contribution is -0.139. The summed E-state index contributed by atoms with van der Waals surface area (Å²) in [5.41, 5.74) is -0.485. The highest BCUT2D eigenvalue weighted by Crippen LogP contribution is 2.65. The number of hydrogen-bond acceptors (Lipinski definition) is 8. The molecule has 0 spiro atoms. The van der Waals surface area contributed by atoms with Crippen LogP contribution in [0.4, 0.5) is 13.6 Å². The summed E-state index contributed by atoms with van der Waals surface area (Å²) in [6.45, 7) is 9.22. The van der Waals surface area contributed by atoms with E-state index in [9.17, 15) is 14.4 Å². The van der Waals surface area contributed by atoms with E-state index in [1.54, 1.807) is 18.2 Å². The average Bonchev–Trinajstić information content (AvgIpc) is 3.71. The molecule has 1 aromatic carbocycles. The van der Waals surface area contributed by atoms with E-state index < -0.39 is 64.9 Å². The molecule has 45 heavy (non-hydrogen) atoms. The second-order valence-electron chi connectivity index (χ2n) is 14.4. The van der Waals surface area contributed by atoms with Crippen molar-refractivity contribution < 1.29 is 37.4 Å². The van der Waals surface area contributed by atoms with Crippen LogP contribution in [0.1, 0.15) is 78.3 Å². The SMILES string of the molecule is CC[C@@H]1[C@@H]2CN(C(=O)[C@H](C(C)(C)C)NC(=O)O[C@]3(C)C[C@H]3CCCC3C(c4nc5ccc(OC)cc5nc4O2)C3(F)F)[C@@H]1C=O. The van der Waals surface area contributed by atoms with Crippen molar-refractivity contribution in [1.29, 1.82) is 0 Å². The molecule has 12 heteroatoms. The second-order valence-corrected chi connectivity index (χ2v) is 14.4. The van der Waals surface area contributed by atoms with Crippen LogP contribution in [-0.2, 0) is 14.3 Å². The van der Waals surface area contributed by atoms with Crippen LogP contribution in [0, 0.1) is 23.2 Å². The van der Waals surface area contributed by atoms with E-state index >= 15 is 8.78 Å².